The molecule has 0 N–H and O–H groups in total. The van der Waals surface area contributed by atoms with Gasteiger partial charge in [-0.25, -0.2) is 15.0 Å². The third-order valence-corrected chi connectivity index (χ3v) is 12.4. The van der Waals surface area contributed by atoms with Crippen LogP contribution in [0, 0.1) is 11.3 Å². The zero-order chi connectivity index (χ0) is 37.2. The van der Waals surface area contributed by atoms with E-state index in [9.17, 15) is 5.26 Å². The SMILES string of the molecule is N#Cc1ccc2c(c1)C1(c3ccccc3S2)c2ccccc2-c2c1cc(-c1ccc(-c3nc(-c4ccccc4)nc(-c4ccccc4)n3)cc1)c1ccccc21. The Hall–Kier alpha value is -7.13. The van der Waals surface area contributed by atoms with Gasteiger partial charge in [-0.2, -0.15) is 5.26 Å². The molecule has 11 rings (SSSR count). The van der Waals surface area contributed by atoms with Crippen LogP contribution in [0.1, 0.15) is 27.8 Å². The topological polar surface area (TPSA) is 62.5 Å². The smallest absolute Gasteiger partial charge is 0.164 e. The number of hydrogen-bond donors (Lipinski definition) is 0. The van der Waals surface area contributed by atoms with Crippen molar-refractivity contribution in [1.82, 2.24) is 15.0 Å². The number of benzene rings is 8. The van der Waals surface area contributed by atoms with E-state index in [0.717, 1.165) is 33.4 Å². The maximum atomic E-state index is 10.2. The van der Waals surface area contributed by atoms with Gasteiger partial charge in [0.2, 0.25) is 0 Å². The molecule has 0 saturated carbocycles. The number of nitriles is 1. The first-order valence-corrected chi connectivity index (χ1v) is 19.5. The highest BCUT2D eigenvalue weighted by molar-refractivity contribution is 7.99. The second-order valence-electron chi connectivity index (χ2n) is 14.2. The van der Waals surface area contributed by atoms with Crippen LogP contribution in [0.25, 0.3) is 67.2 Å². The monoisotopic (exact) mass is 730 g/mol. The Morgan fingerprint density at radius 2 is 0.946 bits per heavy atom. The number of aromatic nitrogens is 3. The summed E-state index contributed by atoms with van der Waals surface area (Å²) in [6.07, 6.45) is 0. The number of hydrogen-bond acceptors (Lipinski definition) is 5. The first-order chi connectivity index (χ1) is 27.7. The lowest BCUT2D eigenvalue weighted by molar-refractivity contribution is 0.722. The molecule has 56 heavy (non-hydrogen) atoms. The summed E-state index contributed by atoms with van der Waals surface area (Å²) in [5.74, 6) is 1.90. The molecule has 0 radical (unpaired) electrons. The molecule has 2 heterocycles. The Labute approximate surface area is 328 Å². The molecule has 0 saturated heterocycles. The fraction of sp³-hybridized carbons (Fsp3) is 0.0196. The Morgan fingerprint density at radius 1 is 0.411 bits per heavy atom. The average molecular weight is 731 g/mol. The number of rotatable bonds is 4. The lowest BCUT2D eigenvalue weighted by Gasteiger charge is -2.40. The quantitative estimate of drug-likeness (QED) is 0.180. The molecule has 1 aliphatic carbocycles. The second kappa shape index (κ2) is 12.7. The van der Waals surface area contributed by atoms with Crippen LogP contribution >= 0.6 is 11.8 Å². The van der Waals surface area contributed by atoms with Gasteiger partial charge in [0.25, 0.3) is 0 Å². The van der Waals surface area contributed by atoms with Gasteiger partial charge in [0.05, 0.1) is 17.0 Å². The summed E-state index contributed by atoms with van der Waals surface area (Å²) in [5, 5.41) is 12.6. The van der Waals surface area contributed by atoms with Gasteiger partial charge in [0.15, 0.2) is 17.5 Å². The first kappa shape index (κ1) is 32.3. The van der Waals surface area contributed by atoms with Crippen LogP contribution < -0.4 is 0 Å². The van der Waals surface area contributed by atoms with Gasteiger partial charge in [0, 0.05) is 26.5 Å². The normalized spacial score (nSPS) is 14.8. The molecule has 9 aromatic rings. The average Bonchev–Trinajstić information content (AvgIpc) is 3.57. The highest BCUT2D eigenvalue weighted by atomic mass is 32.2. The van der Waals surface area contributed by atoms with E-state index in [1.54, 1.807) is 11.8 Å². The molecular formula is C51H30N4S. The van der Waals surface area contributed by atoms with Crippen LogP contribution in [0.2, 0.25) is 0 Å². The van der Waals surface area contributed by atoms with E-state index in [2.05, 4.69) is 121 Å². The van der Waals surface area contributed by atoms with E-state index in [1.807, 2.05) is 66.7 Å². The Bertz CT molecular complexity index is 3000. The maximum Gasteiger partial charge on any atom is 0.164 e. The van der Waals surface area contributed by atoms with Crippen LogP contribution in [-0.4, -0.2) is 15.0 Å². The van der Waals surface area contributed by atoms with Gasteiger partial charge in [-0.15, -0.1) is 0 Å². The molecule has 1 aromatic heterocycles. The van der Waals surface area contributed by atoms with E-state index in [0.29, 0.717) is 23.0 Å². The van der Waals surface area contributed by atoms with Crippen molar-refractivity contribution in [2.75, 3.05) is 0 Å². The molecule has 8 aromatic carbocycles. The minimum absolute atomic E-state index is 0.610. The van der Waals surface area contributed by atoms with Crippen molar-refractivity contribution < 1.29 is 0 Å². The zero-order valence-electron chi connectivity index (χ0n) is 30.0. The first-order valence-electron chi connectivity index (χ1n) is 18.7. The van der Waals surface area contributed by atoms with E-state index in [-0.39, 0.29) is 0 Å². The van der Waals surface area contributed by atoms with Crippen molar-refractivity contribution in [3.05, 3.63) is 210 Å². The Morgan fingerprint density at radius 3 is 1.62 bits per heavy atom. The largest absolute Gasteiger partial charge is 0.208 e. The Balaban J connectivity index is 1.13. The predicted molar refractivity (Wildman–Crippen MR) is 225 cm³/mol. The molecule has 1 atom stereocenters. The summed E-state index contributed by atoms with van der Waals surface area (Å²) in [4.78, 5) is 17.3. The molecule has 1 spiro atoms. The van der Waals surface area contributed by atoms with Crippen molar-refractivity contribution in [3.63, 3.8) is 0 Å². The number of nitrogens with zero attached hydrogens (tertiary/aromatic N) is 4. The van der Waals surface area contributed by atoms with Crippen molar-refractivity contribution in [3.8, 4) is 62.5 Å². The van der Waals surface area contributed by atoms with Crippen molar-refractivity contribution in [2.24, 2.45) is 0 Å². The van der Waals surface area contributed by atoms with Crippen LogP contribution in [0.3, 0.4) is 0 Å². The second-order valence-corrected chi connectivity index (χ2v) is 15.3. The standard InChI is InChI=1S/C51H30N4S/c52-31-32-23-28-46-43(29-32)51(42-21-11-12-22-45(42)56-46)41-20-10-9-19-39(41)47-38-18-8-7-17-37(38)40(30-44(47)51)33-24-26-36(27-25-33)50-54-48(34-13-3-1-4-14-34)53-49(55-50)35-15-5-2-6-16-35/h1-30H. The molecule has 1 unspecified atom stereocenters. The molecule has 1 aliphatic heterocycles. The summed E-state index contributed by atoms with van der Waals surface area (Å²) >= 11 is 1.79. The molecule has 0 bridgehead atoms. The molecule has 4 nitrogen and oxygen atoms in total. The van der Waals surface area contributed by atoms with Gasteiger partial charge < -0.3 is 0 Å². The fourth-order valence-corrected chi connectivity index (χ4v) is 9.97. The molecule has 260 valence electrons. The zero-order valence-corrected chi connectivity index (χ0v) is 30.8. The van der Waals surface area contributed by atoms with Crippen molar-refractivity contribution in [2.45, 2.75) is 15.2 Å². The van der Waals surface area contributed by atoms with Crippen LogP contribution in [-0.2, 0) is 5.41 Å². The van der Waals surface area contributed by atoms with E-state index < -0.39 is 5.41 Å². The lowest BCUT2D eigenvalue weighted by atomic mass is 9.66. The fourth-order valence-electron chi connectivity index (χ4n) is 8.80. The highest BCUT2D eigenvalue weighted by Crippen LogP contribution is 2.64. The molecular weight excluding hydrogens is 701 g/mol. The summed E-state index contributed by atoms with van der Waals surface area (Å²) in [6.45, 7) is 0. The predicted octanol–water partition coefficient (Wildman–Crippen LogP) is 12.4. The van der Waals surface area contributed by atoms with Gasteiger partial charge in [-0.05, 0) is 85.6 Å². The van der Waals surface area contributed by atoms with Gasteiger partial charge in [-0.3, -0.25) is 0 Å². The Kier molecular flexibility index (Phi) is 7.35. The third kappa shape index (κ3) is 4.83. The van der Waals surface area contributed by atoms with E-state index >= 15 is 0 Å². The minimum Gasteiger partial charge on any atom is -0.208 e. The summed E-state index contributed by atoms with van der Waals surface area (Å²) in [6, 6.07) is 66.3. The molecule has 0 fully saturated rings. The molecule has 0 amide bonds. The summed E-state index contributed by atoms with van der Waals surface area (Å²) in [5.41, 5.74) is 12.5. The van der Waals surface area contributed by atoms with E-state index in [1.165, 1.54) is 48.4 Å². The van der Waals surface area contributed by atoms with Gasteiger partial charge >= 0.3 is 0 Å². The number of fused-ring (bicyclic) bond motifs is 11. The van der Waals surface area contributed by atoms with Crippen LogP contribution in [0.15, 0.2) is 192 Å². The summed E-state index contributed by atoms with van der Waals surface area (Å²) in [7, 11) is 0. The minimum atomic E-state index is -0.610. The van der Waals surface area contributed by atoms with Gasteiger partial charge in [0.1, 0.15) is 0 Å². The van der Waals surface area contributed by atoms with Crippen molar-refractivity contribution >= 4 is 22.5 Å². The third-order valence-electron chi connectivity index (χ3n) is 11.2. The molecule has 5 heteroatoms. The molecule has 2 aliphatic rings. The van der Waals surface area contributed by atoms with Crippen molar-refractivity contribution in [1.29, 1.82) is 5.26 Å². The highest BCUT2D eigenvalue weighted by Gasteiger charge is 2.51. The maximum absolute atomic E-state index is 10.2. The summed E-state index contributed by atoms with van der Waals surface area (Å²) < 4.78 is 0. The lowest BCUT2D eigenvalue weighted by Crippen LogP contribution is -2.32. The van der Waals surface area contributed by atoms with Gasteiger partial charge in [-0.1, -0.05) is 163 Å². The van der Waals surface area contributed by atoms with Crippen LogP contribution in [0.4, 0.5) is 0 Å². The van der Waals surface area contributed by atoms with Crippen LogP contribution in [0.5, 0.6) is 0 Å². The van der Waals surface area contributed by atoms with E-state index in [4.69, 9.17) is 15.0 Å².